The molecule has 0 radical (unpaired) electrons. The Morgan fingerprint density at radius 1 is 0.807 bits per heavy atom. The summed E-state index contributed by atoms with van der Waals surface area (Å²) in [6.07, 6.45) is 13.1. The van der Waals surface area contributed by atoms with Gasteiger partial charge in [0.15, 0.2) is 23.1 Å². The number of ketones is 2. The number of aromatic hydroxyl groups is 2. The van der Waals surface area contributed by atoms with Gasteiger partial charge in [-0.2, -0.15) is 0 Å². The molecule has 57 heavy (non-hydrogen) atoms. The van der Waals surface area contributed by atoms with E-state index in [1.165, 1.54) is 5.56 Å². The number of aromatic amines is 1. The third-order valence-corrected chi connectivity index (χ3v) is 10.5. The molecule has 5 rings (SSSR count). The van der Waals surface area contributed by atoms with E-state index in [1.807, 2.05) is 55.5 Å². The van der Waals surface area contributed by atoms with E-state index in [1.54, 1.807) is 48.8 Å². The van der Waals surface area contributed by atoms with Crippen molar-refractivity contribution in [3.05, 3.63) is 161 Å². The summed E-state index contributed by atoms with van der Waals surface area (Å²) < 4.78 is 6.02. The molecule has 0 saturated carbocycles. The van der Waals surface area contributed by atoms with Gasteiger partial charge in [0.25, 0.3) is 0 Å². The fourth-order valence-corrected chi connectivity index (χ4v) is 7.27. The number of phenolic OH excluding ortho intramolecular Hbond substituents is 2. The number of hydrogen-bond donors (Lipinski definition) is 6. The Kier molecular flexibility index (Phi) is 16.3. The topological polar surface area (TPSA) is 172 Å². The van der Waals surface area contributed by atoms with Crippen molar-refractivity contribution in [2.75, 3.05) is 6.61 Å². The number of aliphatic hydroxyl groups excluding tert-OH is 1. The molecule has 3 atom stereocenters. The first kappa shape index (κ1) is 42.7. The number of H-pyrrole nitrogens is 1. The van der Waals surface area contributed by atoms with Gasteiger partial charge in [0.1, 0.15) is 5.75 Å². The molecule has 9 nitrogen and oxygen atoms in total. The lowest BCUT2D eigenvalue weighted by molar-refractivity contribution is -0.114. The van der Waals surface area contributed by atoms with E-state index in [2.05, 4.69) is 29.2 Å². The number of Topliss-reactive ketones (excluding diaryl/α,β-unsaturated/α-hetero) is 1. The van der Waals surface area contributed by atoms with Crippen LogP contribution in [0.2, 0.25) is 0 Å². The number of phenols is 2. The summed E-state index contributed by atoms with van der Waals surface area (Å²) in [4.78, 5) is 28.9. The van der Waals surface area contributed by atoms with Crippen LogP contribution in [0.4, 0.5) is 0 Å². The predicted octanol–water partition coefficient (Wildman–Crippen LogP) is 8.62. The molecule has 0 unspecified atom stereocenters. The Bertz CT molecular complexity index is 2020. The molecular weight excluding hydrogens is 715 g/mol. The van der Waals surface area contributed by atoms with Crippen molar-refractivity contribution >= 4 is 11.6 Å². The zero-order valence-corrected chi connectivity index (χ0v) is 32.9. The number of rotatable bonds is 23. The zero-order chi connectivity index (χ0) is 40.6. The summed E-state index contributed by atoms with van der Waals surface area (Å²) in [5, 5.41) is 31.6. The minimum Gasteiger partial charge on any atom is -0.508 e. The van der Waals surface area contributed by atoms with Gasteiger partial charge in [0, 0.05) is 48.7 Å². The van der Waals surface area contributed by atoms with Crippen molar-refractivity contribution in [1.29, 1.82) is 0 Å². The molecule has 1 heterocycles. The number of unbranched alkanes of at least 4 members (excludes halogenated alkanes) is 1. The third-order valence-electron chi connectivity index (χ3n) is 10.5. The Morgan fingerprint density at radius 3 is 2.23 bits per heavy atom. The highest BCUT2D eigenvalue weighted by atomic mass is 16.5. The minimum atomic E-state index is -0.626. The van der Waals surface area contributed by atoms with Crippen molar-refractivity contribution in [2.24, 2.45) is 17.4 Å². The van der Waals surface area contributed by atoms with Crippen LogP contribution >= 0.6 is 0 Å². The van der Waals surface area contributed by atoms with Gasteiger partial charge in [-0.25, -0.2) is 0 Å². The molecule has 4 aromatic carbocycles. The van der Waals surface area contributed by atoms with Crippen molar-refractivity contribution < 1.29 is 29.6 Å². The molecule has 0 aliphatic carbocycles. The summed E-state index contributed by atoms with van der Waals surface area (Å²) >= 11 is 0. The summed E-state index contributed by atoms with van der Waals surface area (Å²) in [7, 11) is 0. The van der Waals surface area contributed by atoms with E-state index in [9.17, 15) is 24.9 Å². The Labute approximate surface area is 336 Å². The molecule has 1 aromatic heterocycles. The maximum atomic E-state index is 13.3. The van der Waals surface area contributed by atoms with Crippen molar-refractivity contribution in [1.82, 2.24) is 4.98 Å². The first-order valence-electron chi connectivity index (χ1n) is 20.0. The van der Waals surface area contributed by atoms with E-state index in [4.69, 9.17) is 16.2 Å². The third kappa shape index (κ3) is 13.6. The van der Waals surface area contributed by atoms with Gasteiger partial charge in [-0.1, -0.05) is 85.3 Å². The first-order chi connectivity index (χ1) is 27.5. The van der Waals surface area contributed by atoms with Crippen molar-refractivity contribution in [3.63, 3.8) is 0 Å². The SMILES string of the molecule is C[C@H](O)C[C@H](CCC/C=C/C(=O)CCc1ccc(O)c(OCCc2ccc(O)c([C@H](CC(=O)c3cc[nH]c3)c3ccc(C(N)N)cc3)c2)c1)CCc1ccccc1. The summed E-state index contributed by atoms with van der Waals surface area (Å²) in [6.45, 7) is 2.10. The average Bonchev–Trinajstić information content (AvgIpc) is 3.76. The standard InChI is InChI=1S/C48H57N3O6/c1-33(52)28-35(13-12-34-8-4-2-5-9-34)10-6-3-7-11-41(53)21-14-36-16-23-45(55)47(30-36)57-27-25-37-15-22-44(54)43(29-37)42(31-46(56)40-24-26-51-32-40)38-17-19-39(20-18-38)48(49)50/h2,4-5,7-9,11,15-20,22-24,26,29-30,32-33,35,42,48,51-52,54-55H,3,6,10,12-14,21,25,27-28,31,49-50H2,1H3/b11-7+/t33-,35+,42+/m0/s1. The van der Waals surface area contributed by atoms with Gasteiger partial charge in [-0.05, 0) is 110 Å². The molecule has 0 aliphatic heterocycles. The maximum Gasteiger partial charge on any atom is 0.165 e. The minimum absolute atomic E-state index is 0.0120. The van der Waals surface area contributed by atoms with Crippen LogP contribution in [0.25, 0.3) is 0 Å². The van der Waals surface area contributed by atoms with Gasteiger partial charge in [-0.15, -0.1) is 0 Å². The van der Waals surface area contributed by atoms with E-state index < -0.39 is 12.1 Å². The second-order valence-electron chi connectivity index (χ2n) is 15.0. The quantitative estimate of drug-likeness (QED) is 0.0166. The molecule has 300 valence electrons. The Hall–Kier alpha value is -5.48. The summed E-state index contributed by atoms with van der Waals surface area (Å²) in [5.74, 6) is 0.416. The lowest BCUT2D eigenvalue weighted by Gasteiger charge is -2.20. The molecular formula is C48H57N3O6. The number of allylic oxidation sites excluding steroid dienone is 2. The number of carbonyl (C=O) groups is 2. The van der Waals surface area contributed by atoms with Crippen LogP contribution in [0.3, 0.4) is 0 Å². The van der Waals surface area contributed by atoms with Crippen molar-refractivity contribution in [2.45, 2.75) is 89.3 Å². The normalized spacial score (nSPS) is 13.1. The number of hydrogen-bond acceptors (Lipinski definition) is 8. The number of aryl methyl sites for hydroxylation is 2. The van der Waals surface area contributed by atoms with Crippen LogP contribution in [0, 0.1) is 5.92 Å². The molecule has 0 aliphatic rings. The van der Waals surface area contributed by atoms with Gasteiger partial charge >= 0.3 is 0 Å². The van der Waals surface area contributed by atoms with Crippen LogP contribution in [0.1, 0.15) is 108 Å². The lowest BCUT2D eigenvalue weighted by Crippen LogP contribution is -2.20. The van der Waals surface area contributed by atoms with E-state index >= 15 is 0 Å². The molecule has 0 amide bonds. The number of ether oxygens (including phenoxy) is 1. The number of benzene rings is 4. The Morgan fingerprint density at radius 2 is 1.53 bits per heavy atom. The van der Waals surface area contributed by atoms with Crippen LogP contribution in [0.15, 0.2) is 122 Å². The second-order valence-corrected chi connectivity index (χ2v) is 15.0. The van der Waals surface area contributed by atoms with Gasteiger partial charge < -0.3 is 36.5 Å². The summed E-state index contributed by atoms with van der Waals surface area (Å²) in [5.41, 5.74) is 17.6. The van der Waals surface area contributed by atoms with Gasteiger partial charge in [0.2, 0.25) is 0 Å². The van der Waals surface area contributed by atoms with Crippen LogP contribution < -0.4 is 16.2 Å². The molecule has 0 bridgehead atoms. The van der Waals surface area contributed by atoms with E-state index in [0.717, 1.165) is 60.8 Å². The molecule has 8 N–H and O–H groups in total. The van der Waals surface area contributed by atoms with Gasteiger partial charge in [0.05, 0.1) is 18.9 Å². The molecule has 5 aromatic rings. The van der Waals surface area contributed by atoms with Gasteiger partial charge in [-0.3, -0.25) is 9.59 Å². The highest BCUT2D eigenvalue weighted by molar-refractivity contribution is 5.96. The van der Waals surface area contributed by atoms with Crippen molar-refractivity contribution in [3.8, 4) is 17.2 Å². The van der Waals surface area contributed by atoms with Crippen LogP contribution in [-0.4, -0.2) is 44.6 Å². The maximum absolute atomic E-state index is 13.3. The first-order valence-corrected chi connectivity index (χ1v) is 20.0. The predicted molar refractivity (Wildman–Crippen MR) is 225 cm³/mol. The smallest absolute Gasteiger partial charge is 0.165 e. The highest BCUT2D eigenvalue weighted by Crippen LogP contribution is 2.36. The Balaban J connectivity index is 1.12. The largest absolute Gasteiger partial charge is 0.508 e. The number of aliphatic hydroxyl groups is 1. The average molecular weight is 772 g/mol. The lowest BCUT2D eigenvalue weighted by atomic mass is 9.84. The molecule has 9 heteroatoms. The highest BCUT2D eigenvalue weighted by Gasteiger charge is 2.23. The van der Waals surface area contributed by atoms with Crippen LogP contribution in [-0.2, 0) is 24.1 Å². The zero-order valence-electron chi connectivity index (χ0n) is 32.9. The monoisotopic (exact) mass is 771 g/mol. The van der Waals surface area contributed by atoms with Crippen LogP contribution in [0.5, 0.6) is 17.2 Å². The van der Waals surface area contributed by atoms with E-state index in [-0.39, 0.29) is 42.2 Å². The molecule has 0 saturated heterocycles. The summed E-state index contributed by atoms with van der Waals surface area (Å²) in [6, 6.07) is 30.1. The fraction of sp³-hybridized carbons (Fsp3) is 0.333. The van der Waals surface area contributed by atoms with E-state index in [0.29, 0.717) is 42.1 Å². The molecule has 0 spiro atoms. The fourth-order valence-electron chi connectivity index (χ4n) is 7.27. The number of aromatic nitrogens is 1. The second kappa shape index (κ2) is 21.7. The number of nitrogens with two attached hydrogens (primary N) is 2. The molecule has 0 fully saturated rings. The number of nitrogens with one attached hydrogen (secondary N) is 1. The number of carbonyl (C=O) groups excluding carboxylic acids is 2.